The summed E-state index contributed by atoms with van der Waals surface area (Å²) in [4.78, 5) is 32.1. The first-order valence-corrected chi connectivity index (χ1v) is 11.8. The normalized spacial score (nSPS) is 13.1. The highest BCUT2D eigenvalue weighted by Gasteiger charge is 2.34. The molecule has 7 nitrogen and oxygen atoms in total. The molecule has 8 heteroatoms. The summed E-state index contributed by atoms with van der Waals surface area (Å²) in [7, 11) is 1.61. The lowest BCUT2D eigenvalue weighted by atomic mass is 10.1. The van der Waals surface area contributed by atoms with Gasteiger partial charge in [0, 0.05) is 34.9 Å². The molecule has 2 aromatic carbocycles. The van der Waals surface area contributed by atoms with Gasteiger partial charge in [-0.25, -0.2) is 4.98 Å². The molecule has 1 N–H and O–H groups in total. The van der Waals surface area contributed by atoms with Crippen molar-refractivity contribution in [1.82, 2.24) is 14.5 Å². The van der Waals surface area contributed by atoms with E-state index in [1.165, 1.54) is 0 Å². The summed E-state index contributed by atoms with van der Waals surface area (Å²) in [6.07, 6.45) is 4.19. The standard InChI is InChI=1S/C26H29ClN4O3/c1-17(2)14-25(33)30(20-8-9-20)16-24(32)29-26-28-23(18-4-6-19(27)7-5-18)15-31(26)21-10-12-22(34-3)13-11-21/h4-7,10-13,15,17,20H,8-9,14,16H2,1-3H3,(H,28,29,32). The van der Waals surface area contributed by atoms with E-state index in [2.05, 4.69) is 10.3 Å². The number of hydrogen-bond donors (Lipinski definition) is 1. The molecule has 178 valence electrons. The Balaban J connectivity index is 1.60. The average Bonchev–Trinajstić information content (AvgIpc) is 3.57. The number of imidazole rings is 1. The molecular weight excluding hydrogens is 452 g/mol. The Labute approximate surface area is 204 Å². The van der Waals surface area contributed by atoms with Crippen LogP contribution in [0.2, 0.25) is 5.02 Å². The van der Waals surface area contributed by atoms with Gasteiger partial charge in [-0.2, -0.15) is 0 Å². The molecule has 1 saturated carbocycles. The van der Waals surface area contributed by atoms with Gasteiger partial charge < -0.3 is 9.64 Å². The third-order valence-electron chi connectivity index (χ3n) is 5.65. The molecule has 1 aliphatic carbocycles. The number of nitrogens with one attached hydrogen (secondary N) is 1. The van der Waals surface area contributed by atoms with Gasteiger partial charge in [0.15, 0.2) is 0 Å². The van der Waals surface area contributed by atoms with Crippen LogP contribution >= 0.6 is 11.6 Å². The number of carbonyl (C=O) groups is 2. The highest BCUT2D eigenvalue weighted by molar-refractivity contribution is 6.30. The molecule has 0 radical (unpaired) electrons. The number of anilines is 1. The lowest BCUT2D eigenvalue weighted by molar-refractivity contribution is -0.135. The van der Waals surface area contributed by atoms with Crippen molar-refractivity contribution < 1.29 is 14.3 Å². The van der Waals surface area contributed by atoms with Crippen LogP contribution in [-0.4, -0.2) is 46.0 Å². The Morgan fingerprint density at radius 2 is 1.82 bits per heavy atom. The number of hydrogen-bond acceptors (Lipinski definition) is 4. The second kappa shape index (κ2) is 10.3. The summed E-state index contributed by atoms with van der Waals surface area (Å²) in [6, 6.07) is 15.0. The molecular formula is C26H29ClN4O3. The molecule has 2 amide bonds. The Kier molecular flexibility index (Phi) is 7.22. The third kappa shape index (κ3) is 5.78. The van der Waals surface area contributed by atoms with E-state index < -0.39 is 0 Å². The van der Waals surface area contributed by atoms with E-state index in [-0.39, 0.29) is 30.3 Å². The lowest BCUT2D eigenvalue weighted by Crippen LogP contribution is -2.40. The van der Waals surface area contributed by atoms with Crippen molar-refractivity contribution in [2.75, 3.05) is 19.0 Å². The summed E-state index contributed by atoms with van der Waals surface area (Å²) in [5.41, 5.74) is 2.38. The van der Waals surface area contributed by atoms with E-state index in [9.17, 15) is 9.59 Å². The van der Waals surface area contributed by atoms with Crippen LogP contribution in [-0.2, 0) is 9.59 Å². The van der Waals surface area contributed by atoms with Crippen molar-refractivity contribution in [2.24, 2.45) is 5.92 Å². The maximum absolute atomic E-state index is 13.0. The van der Waals surface area contributed by atoms with Gasteiger partial charge in [-0.3, -0.25) is 19.5 Å². The van der Waals surface area contributed by atoms with Crippen LogP contribution in [0.4, 0.5) is 5.95 Å². The smallest absolute Gasteiger partial charge is 0.246 e. The van der Waals surface area contributed by atoms with Gasteiger partial charge in [0.1, 0.15) is 12.3 Å². The molecule has 0 unspecified atom stereocenters. The first kappa shape index (κ1) is 23.8. The minimum atomic E-state index is -0.271. The average molecular weight is 481 g/mol. The fraction of sp³-hybridized carbons (Fsp3) is 0.346. The van der Waals surface area contributed by atoms with Crippen LogP contribution in [0.25, 0.3) is 16.9 Å². The fourth-order valence-electron chi connectivity index (χ4n) is 3.76. The van der Waals surface area contributed by atoms with Crippen molar-refractivity contribution in [3.63, 3.8) is 0 Å². The van der Waals surface area contributed by atoms with Crippen molar-refractivity contribution in [2.45, 2.75) is 39.2 Å². The monoisotopic (exact) mass is 480 g/mol. The molecule has 0 spiro atoms. The summed E-state index contributed by atoms with van der Waals surface area (Å²) < 4.78 is 7.08. The maximum atomic E-state index is 13.0. The number of rotatable bonds is 9. The van der Waals surface area contributed by atoms with Crippen LogP contribution in [0, 0.1) is 5.92 Å². The van der Waals surface area contributed by atoms with Crippen LogP contribution < -0.4 is 10.1 Å². The summed E-state index contributed by atoms with van der Waals surface area (Å²) in [5.74, 6) is 1.11. The number of carbonyl (C=O) groups excluding carboxylic acids is 2. The zero-order chi connectivity index (χ0) is 24.2. The lowest BCUT2D eigenvalue weighted by Gasteiger charge is -2.22. The highest BCUT2D eigenvalue weighted by atomic mass is 35.5. The number of halogens is 1. The number of ether oxygens (including phenoxy) is 1. The van der Waals surface area contributed by atoms with Crippen molar-refractivity contribution in [3.05, 3.63) is 59.8 Å². The van der Waals surface area contributed by atoms with Crippen LogP contribution in [0.3, 0.4) is 0 Å². The largest absolute Gasteiger partial charge is 0.497 e. The fourth-order valence-corrected chi connectivity index (χ4v) is 3.89. The molecule has 0 saturated heterocycles. The predicted octanol–water partition coefficient (Wildman–Crippen LogP) is 5.18. The second-order valence-electron chi connectivity index (χ2n) is 8.92. The van der Waals surface area contributed by atoms with E-state index in [1.807, 2.05) is 61.0 Å². The molecule has 0 atom stereocenters. The molecule has 0 aliphatic heterocycles. The Morgan fingerprint density at radius 3 is 2.41 bits per heavy atom. The minimum Gasteiger partial charge on any atom is -0.497 e. The molecule has 34 heavy (non-hydrogen) atoms. The number of methoxy groups -OCH3 is 1. The quantitative estimate of drug-likeness (QED) is 0.458. The summed E-state index contributed by atoms with van der Waals surface area (Å²) >= 11 is 6.04. The number of benzene rings is 2. The highest BCUT2D eigenvalue weighted by Crippen LogP contribution is 2.29. The van der Waals surface area contributed by atoms with Gasteiger partial charge in [0.2, 0.25) is 17.8 Å². The van der Waals surface area contributed by atoms with Crippen molar-refractivity contribution in [3.8, 4) is 22.7 Å². The van der Waals surface area contributed by atoms with E-state index in [1.54, 1.807) is 24.1 Å². The predicted molar refractivity (Wildman–Crippen MR) is 133 cm³/mol. The number of amides is 2. The van der Waals surface area contributed by atoms with Crippen molar-refractivity contribution in [1.29, 1.82) is 0 Å². The van der Waals surface area contributed by atoms with Gasteiger partial charge >= 0.3 is 0 Å². The van der Waals surface area contributed by atoms with Gasteiger partial charge in [-0.1, -0.05) is 37.6 Å². The van der Waals surface area contributed by atoms with Gasteiger partial charge in [-0.15, -0.1) is 0 Å². The Morgan fingerprint density at radius 1 is 1.15 bits per heavy atom. The number of nitrogens with zero attached hydrogens (tertiary/aromatic N) is 3. The second-order valence-corrected chi connectivity index (χ2v) is 9.36. The third-order valence-corrected chi connectivity index (χ3v) is 5.90. The van der Waals surface area contributed by atoms with E-state index in [4.69, 9.17) is 16.3 Å². The molecule has 0 bridgehead atoms. The topological polar surface area (TPSA) is 76.5 Å². The van der Waals surface area contributed by atoms with Crippen LogP contribution in [0.15, 0.2) is 54.7 Å². The Bertz CT molecular complexity index is 1150. The maximum Gasteiger partial charge on any atom is 0.246 e. The molecule has 3 aromatic rings. The van der Waals surface area contributed by atoms with E-state index in [0.29, 0.717) is 23.1 Å². The van der Waals surface area contributed by atoms with Crippen LogP contribution in [0.1, 0.15) is 33.1 Å². The zero-order valence-corrected chi connectivity index (χ0v) is 20.4. The van der Waals surface area contributed by atoms with E-state index in [0.717, 1.165) is 29.8 Å². The van der Waals surface area contributed by atoms with Gasteiger partial charge in [0.25, 0.3) is 0 Å². The first-order valence-electron chi connectivity index (χ1n) is 11.4. The molecule has 1 aromatic heterocycles. The molecule has 1 heterocycles. The molecule has 1 aliphatic rings. The molecule has 1 fully saturated rings. The van der Waals surface area contributed by atoms with Gasteiger partial charge in [0.05, 0.1) is 12.8 Å². The number of aromatic nitrogens is 2. The zero-order valence-electron chi connectivity index (χ0n) is 19.6. The first-order chi connectivity index (χ1) is 16.3. The minimum absolute atomic E-state index is 0.0158. The van der Waals surface area contributed by atoms with Crippen molar-refractivity contribution >= 4 is 29.4 Å². The summed E-state index contributed by atoms with van der Waals surface area (Å²) in [6.45, 7) is 4.03. The van der Waals surface area contributed by atoms with Crippen LogP contribution in [0.5, 0.6) is 5.75 Å². The van der Waals surface area contributed by atoms with Gasteiger partial charge in [-0.05, 0) is 55.2 Å². The van der Waals surface area contributed by atoms with E-state index >= 15 is 0 Å². The summed E-state index contributed by atoms with van der Waals surface area (Å²) in [5, 5.41) is 3.56. The molecule has 4 rings (SSSR count). The Hall–Kier alpha value is -3.32. The SMILES string of the molecule is COc1ccc(-n2cc(-c3ccc(Cl)cc3)nc2NC(=O)CN(C(=O)CC(C)C)C2CC2)cc1.